The second kappa shape index (κ2) is 5.96. The van der Waals surface area contributed by atoms with E-state index in [1.807, 2.05) is 24.3 Å². The number of nitrogens with zero attached hydrogens (tertiary/aromatic N) is 3. The molecule has 3 aromatic rings. The lowest BCUT2D eigenvalue weighted by atomic mass is 10.1. The monoisotopic (exact) mass is 313 g/mol. The van der Waals surface area contributed by atoms with Crippen molar-refractivity contribution in [3.63, 3.8) is 0 Å². The highest BCUT2D eigenvalue weighted by Crippen LogP contribution is 2.22. The molecule has 0 fully saturated rings. The van der Waals surface area contributed by atoms with Crippen molar-refractivity contribution < 1.29 is 14.6 Å². The van der Waals surface area contributed by atoms with E-state index in [0.717, 1.165) is 5.56 Å². The predicted molar refractivity (Wildman–Crippen MR) is 83.7 cm³/mol. The fourth-order valence-electron chi connectivity index (χ4n) is 2.34. The normalized spacial score (nSPS) is 10.8. The Bertz CT molecular complexity index is 926. The number of hydrogen-bond donors (Lipinski definition) is 1. The van der Waals surface area contributed by atoms with Gasteiger partial charge in [0.25, 0.3) is 5.56 Å². The molecule has 7 heteroatoms. The topological polar surface area (TPSA) is 85.8 Å². The minimum absolute atomic E-state index is 0.104. The van der Waals surface area contributed by atoms with Gasteiger partial charge in [0.05, 0.1) is 19.2 Å². The Labute approximate surface area is 131 Å². The summed E-state index contributed by atoms with van der Waals surface area (Å²) < 4.78 is 8.06. The molecule has 1 N–H and O–H groups in total. The Balaban J connectivity index is 2.03. The van der Waals surface area contributed by atoms with Crippen molar-refractivity contribution in [2.75, 3.05) is 7.11 Å². The van der Waals surface area contributed by atoms with Gasteiger partial charge in [-0.05, 0) is 18.2 Å². The zero-order valence-electron chi connectivity index (χ0n) is 12.5. The number of aromatic nitrogens is 3. The smallest absolute Gasteiger partial charge is 0.305 e. The molecule has 0 spiro atoms. The summed E-state index contributed by atoms with van der Waals surface area (Å²) in [5, 5.41) is 13.1. The van der Waals surface area contributed by atoms with E-state index in [1.54, 1.807) is 25.6 Å². The molecule has 0 radical (unpaired) electrons. The molecule has 0 saturated heterocycles. The van der Waals surface area contributed by atoms with Crippen LogP contribution in [0.2, 0.25) is 0 Å². The van der Waals surface area contributed by atoms with E-state index in [9.17, 15) is 9.59 Å². The number of benzene rings is 1. The van der Waals surface area contributed by atoms with Crippen molar-refractivity contribution in [2.45, 2.75) is 13.0 Å². The number of rotatable bonds is 5. The highest BCUT2D eigenvalue weighted by molar-refractivity contribution is 5.67. The Hall–Kier alpha value is -3.09. The second-order valence-electron chi connectivity index (χ2n) is 5.03. The summed E-state index contributed by atoms with van der Waals surface area (Å²) in [6, 6.07) is 9.09. The largest absolute Gasteiger partial charge is 0.497 e. The Kier molecular flexibility index (Phi) is 3.84. The molecule has 7 nitrogen and oxygen atoms in total. The van der Waals surface area contributed by atoms with Gasteiger partial charge in [-0.15, -0.1) is 0 Å². The molecule has 2 aromatic heterocycles. The number of aryl methyl sites for hydroxylation is 1. The standard InChI is InChI=1S/C16H15N3O4/c1-23-12-4-2-3-11(9-12)13-10-14-16(22)18(6-5-15(20)21)7-8-19(14)17-13/h2-4,7-10H,5-6H2,1H3,(H,20,21). The Morgan fingerprint density at radius 3 is 2.87 bits per heavy atom. The summed E-state index contributed by atoms with van der Waals surface area (Å²) in [6.07, 6.45) is 3.08. The molecule has 0 aliphatic heterocycles. The summed E-state index contributed by atoms with van der Waals surface area (Å²) in [7, 11) is 1.59. The van der Waals surface area contributed by atoms with Crippen LogP contribution >= 0.6 is 0 Å². The number of carboxylic acids is 1. The summed E-state index contributed by atoms with van der Waals surface area (Å²) in [4.78, 5) is 23.0. The highest BCUT2D eigenvalue weighted by Gasteiger charge is 2.10. The van der Waals surface area contributed by atoms with Crippen LogP contribution in [0.3, 0.4) is 0 Å². The molecular formula is C16H15N3O4. The van der Waals surface area contributed by atoms with E-state index in [0.29, 0.717) is 17.0 Å². The highest BCUT2D eigenvalue weighted by atomic mass is 16.5. The van der Waals surface area contributed by atoms with Crippen molar-refractivity contribution in [3.05, 3.63) is 53.1 Å². The number of carbonyl (C=O) groups is 1. The summed E-state index contributed by atoms with van der Waals surface area (Å²) in [5.74, 6) is -0.235. The molecule has 118 valence electrons. The van der Waals surface area contributed by atoms with Crippen molar-refractivity contribution in [1.82, 2.24) is 14.2 Å². The van der Waals surface area contributed by atoms with Crippen LogP contribution < -0.4 is 10.3 Å². The molecule has 23 heavy (non-hydrogen) atoms. The van der Waals surface area contributed by atoms with Crippen LogP contribution in [0.1, 0.15) is 6.42 Å². The molecule has 0 atom stereocenters. The van der Waals surface area contributed by atoms with Crippen LogP contribution in [-0.4, -0.2) is 32.4 Å². The van der Waals surface area contributed by atoms with E-state index >= 15 is 0 Å². The van der Waals surface area contributed by atoms with Gasteiger partial charge in [-0.1, -0.05) is 12.1 Å². The van der Waals surface area contributed by atoms with Crippen LogP contribution in [0.4, 0.5) is 0 Å². The minimum Gasteiger partial charge on any atom is -0.497 e. The minimum atomic E-state index is -0.942. The molecule has 0 unspecified atom stereocenters. The van der Waals surface area contributed by atoms with Crippen LogP contribution in [0.15, 0.2) is 47.5 Å². The lowest BCUT2D eigenvalue weighted by Crippen LogP contribution is -2.22. The van der Waals surface area contributed by atoms with Crippen molar-refractivity contribution in [2.24, 2.45) is 0 Å². The van der Waals surface area contributed by atoms with Crippen LogP contribution in [0.25, 0.3) is 16.8 Å². The van der Waals surface area contributed by atoms with E-state index in [2.05, 4.69) is 5.10 Å². The van der Waals surface area contributed by atoms with Gasteiger partial charge >= 0.3 is 5.97 Å². The van der Waals surface area contributed by atoms with Gasteiger partial charge in [-0.25, -0.2) is 4.52 Å². The third-order valence-electron chi connectivity index (χ3n) is 3.54. The van der Waals surface area contributed by atoms with E-state index in [1.165, 1.54) is 9.08 Å². The number of fused-ring (bicyclic) bond motifs is 1. The first-order chi connectivity index (χ1) is 11.1. The number of aliphatic carboxylic acids is 1. The predicted octanol–water partition coefficient (Wildman–Crippen LogP) is 1.65. The molecule has 0 saturated carbocycles. The third-order valence-corrected chi connectivity index (χ3v) is 3.54. The molecule has 0 bridgehead atoms. The zero-order valence-corrected chi connectivity index (χ0v) is 12.5. The molecule has 1 aromatic carbocycles. The average molecular weight is 313 g/mol. The summed E-state index contributed by atoms with van der Waals surface area (Å²) in [5.41, 5.74) is 1.62. The molecule has 3 rings (SSSR count). The summed E-state index contributed by atoms with van der Waals surface area (Å²) in [6.45, 7) is 0.129. The van der Waals surface area contributed by atoms with Gasteiger partial charge in [0.1, 0.15) is 11.3 Å². The number of hydrogen-bond acceptors (Lipinski definition) is 4. The van der Waals surface area contributed by atoms with Crippen LogP contribution in [-0.2, 0) is 11.3 Å². The first-order valence-electron chi connectivity index (χ1n) is 7.03. The first kappa shape index (κ1) is 14.8. The quantitative estimate of drug-likeness (QED) is 0.774. The van der Waals surface area contributed by atoms with Crippen molar-refractivity contribution in [3.8, 4) is 17.0 Å². The molecule has 2 heterocycles. The maximum Gasteiger partial charge on any atom is 0.305 e. The third kappa shape index (κ3) is 2.94. The number of ether oxygens (including phenoxy) is 1. The molecule has 0 aliphatic rings. The lowest BCUT2D eigenvalue weighted by molar-refractivity contribution is -0.137. The van der Waals surface area contributed by atoms with Gasteiger partial charge in [-0.3, -0.25) is 9.59 Å². The molecular weight excluding hydrogens is 298 g/mol. The fourth-order valence-corrected chi connectivity index (χ4v) is 2.34. The van der Waals surface area contributed by atoms with E-state index in [4.69, 9.17) is 9.84 Å². The number of carboxylic acid groups (broad SMARTS) is 1. The van der Waals surface area contributed by atoms with E-state index < -0.39 is 5.97 Å². The molecule has 0 aliphatic carbocycles. The lowest BCUT2D eigenvalue weighted by Gasteiger charge is -2.03. The van der Waals surface area contributed by atoms with Crippen molar-refractivity contribution in [1.29, 1.82) is 0 Å². The van der Waals surface area contributed by atoms with Gasteiger partial charge in [0.2, 0.25) is 0 Å². The van der Waals surface area contributed by atoms with Gasteiger partial charge in [0, 0.05) is 24.5 Å². The maximum absolute atomic E-state index is 12.4. The number of methoxy groups -OCH3 is 1. The van der Waals surface area contributed by atoms with Crippen LogP contribution in [0, 0.1) is 0 Å². The maximum atomic E-state index is 12.4. The Morgan fingerprint density at radius 2 is 2.13 bits per heavy atom. The van der Waals surface area contributed by atoms with Gasteiger partial charge in [-0.2, -0.15) is 5.10 Å². The van der Waals surface area contributed by atoms with Crippen LogP contribution in [0.5, 0.6) is 5.75 Å². The average Bonchev–Trinajstić information content (AvgIpc) is 2.99. The Morgan fingerprint density at radius 1 is 1.30 bits per heavy atom. The fraction of sp³-hybridized carbons (Fsp3) is 0.188. The molecule has 0 amide bonds. The summed E-state index contributed by atoms with van der Waals surface area (Å²) >= 11 is 0. The van der Waals surface area contributed by atoms with Gasteiger partial charge in [0.15, 0.2) is 0 Å². The zero-order chi connectivity index (χ0) is 16.4. The second-order valence-corrected chi connectivity index (χ2v) is 5.03. The van der Waals surface area contributed by atoms with Gasteiger partial charge < -0.3 is 14.4 Å². The van der Waals surface area contributed by atoms with Crippen molar-refractivity contribution >= 4 is 11.5 Å². The SMILES string of the molecule is COc1cccc(-c2cc3c(=O)n(CCC(=O)O)ccn3n2)c1. The first-order valence-corrected chi connectivity index (χ1v) is 7.03. The van der Waals surface area contributed by atoms with E-state index in [-0.39, 0.29) is 18.5 Å².